The summed E-state index contributed by atoms with van der Waals surface area (Å²) in [6, 6.07) is 1.63. The summed E-state index contributed by atoms with van der Waals surface area (Å²) in [5.41, 5.74) is -1.49. The van der Waals surface area contributed by atoms with Gasteiger partial charge < -0.3 is 0 Å². The fraction of sp³-hybridized carbons (Fsp3) is 0.600. The van der Waals surface area contributed by atoms with Gasteiger partial charge in [-0.15, -0.1) is 0 Å². The molecule has 0 aliphatic heterocycles. The van der Waals surface area contributed by atoms with Crippen molar-refractivity contribution in [3.8, 4) is 0 Å². The van der Waals surface area contributed by atoms with Gasteiger partial charge in [-0.1, -0.05) is 32.1 Å². The predicted octanol–water partition coefficient (Wildman–Crippen LogP) is 5.50. The molecule has 112 valence electrons. The van der Waals surface area contributed by atoms with Crippen molar-refractivity contribution in [2.45, 2.75) is 51.1 Å². The Kier molecular flexibility index (Phi) is 4.66. The van der Waals surface area contributed by atoms with Gasteiger partial charge >= 0.3 is 6.18 Å². The number of alkyl halides is 3. The summed E-state index contributed by atoms with van der Waals surface area (Å²) in [6.07, 6.45) is 1.98. The molecule has 0 aromatic heterocycles. The van der Waals surface area contributed by atoms with Crippen LogP contribution in [-0.2, 0) is 12.6 Å². The molecule has 1 aliphatic carbocycles. The molecule has 20 heavy (non-hydrogen) atoms. The van der Waals surface area contributed by atoms with Crippen molar-refractivity contribution < 1.29 is 22.0 Å². The standard InChI is InChI=1S/C15H17F5/c16-12-8-11(7-6-10-4-2-1-3-5-10)9-13(17)14(12)15(18,19)20/h8-10H,1-7H2. The van der Waals surface area contributed by atoms with Crippen LogP contribution < -0.4 is 0 Å². The summed E-state index contributed by atoms with van der Waals surface area (Å²) in [5.74, 6) is -2.51. The molecule has 0 N–H and O–H groups in total. The third-order valence-electron chi connectivity index (χ3n) is 3.95. The Bertz CT molecular complexity index is 435. The quantitative estimate of drug-likeness (QED) is 0.646. The van der Waals surface area contributed by atoms with E-state index in [0.29, 0.717) is 17.9 Å². The first kappa shape index (κ1) is 15.3. The van der Waals surface area contributed by atoms with E-state index in [9.17, 15) is 22.0 Å². The fourth-order valence-electron chi connectivity index (χ4n) is 2.89. The zero-order valence-electron chi connectivity index (χ0n) is 11.1. The van der Waals surface area contributed by atoms with Crippen LogP contribution in [0.4, 0.5) is 22.0 Å². The molecule has 0 saturated heterocycles. The van der Waals surface area contributed by atoms with Crippen molar-refractivity contribution in [3.63, 3.8) is 0 Å². The lowest BCUT2D eigenvalue weighted by Crippen LogP contribution is -2.12. The zero-order chi connectivity index (χ0) is 14.8. The van der Waals surface area contributed by atoms with Gasteiger partial charge in [0.05, 0.1) is 0 Å². The van der Waals surface area contributed by atoms with Gasteiger partial charge in [0.15, 0.2) is 0 Å². The molecule has 1 fully saturated rings. The molecular formula is C15H17F5. The molecule has 0 heterocycles. The van der Waals surface area contributed by atoms with Crippen molar-refractivity contribution in [2.24, 2.45) is 5.92 Å². The second kappa shape index (κ2) is 6.10. The van der Waals surface area contributed by atoms with Crippen molar-refractivity contribution in [1.82, 2.24) is 0 Å². The molecule has 0 spiro atoms. The largest absolute Gasteiger partial charge is 0.422 e. The smallest absolute Gasteiger partial charge is 0.206 e. The van der Waals surface area contributed by atoms with Gasteiger partial charge in [-0.2, -0.15) is 13.2 Å². The number of hydrogen-bond acceptors (Lipinski definition) is 0. The van der Waals surface area contributed by atoms with Crippen LogP contribution in [0.15, 0.2) is 12.1 Å². The lowest BCUT2D eigenvalue weighted by Gasteiger charge is -2.21. The monoisotopic (exact) mass is 292 g/mol. The van der Waals surface area contributed by atoms with E-state index in [4.69, 9.17) is 0 Å². The van der Waals surface area contributed by atoms with Crippen molar-refractivity contribution in [2.75, 3.05) is 0 Å². The average Bonchev–Trinajstić information content (AvgIpc) is 2.35. The van der Waals surface area contributed by atoms with Gasteiger partial charge in [0.1, 0.15) is 17.2 Å². The number of aryl methyl sites for hydroxylation is 1. The molecule has 0 atom stereocenters. The Morgan fingerprint density at radius 2 is 1.50 bits per heavy atom. The molecule has 0 unspecified atom stereocenters. The molecule has 1 aromatic rings. The van der Waals surface area contributed by atoms with Gasteiger partial charge in [-0.05, 0) is 36.5 Å². The molecule has 1 aromatic carbocycles. The van der Waals surface area contributed by atoms with Crippen LogP contribution in [0.3, 0.4) is 0 Å². The van der Waals surface area contributed by atoms with Gasteiger partial charge in [-0.25, -0.2) is 8.78 Å². The average molecular weight is 292 g/mol. The highest BCUT2D eigenvalue weighted by Crippen LogP contribution is 2.34. The van der Waals surface area contributed by atoms with Crippen LogP contribution in [0, 0.1) is 17.6 Å². The molecule has 1 saturated carbocycles. The Balaban J connectivity index is 2.06. The predicted molar refractivity (Wildman–Crippen MR) is 66.3 cm³/mol. The second-order valence-corrected chi connectivity index (χ2v) is 5.47. The highest BCUT2D eigenvalue weighted by molar-refractivity contribution is 5.28. The van der Waals surface area contributed by atoms with Crippen molar-refractivity contribution in [1.29, 1.82) is 0 Å². The minimum atomic E-state index is -4.99. The SMILES string of the molecule is Fc1cc(CCC2CCCCC2)cc(F)c1C(F)(F)F. The van der Waals surface area contributed by atoms with Crippen LogP contribution in [0.5, 0.6) is 0 Å². The molecule has 0 amide bonds. The maximum atomic E-state index is 13.4. The van der Waals surface area contributed by atoms with E-state index < -0.39 is 23.4 Å². The summed E-state index contributed by atoms with van der Waals surface area (Å²) in [5, 5.41) is 0. The lowest BCUT2D eigenvalue weighted by molar-refractivity contribution is -0.142. The molecule has 0 radical (unpaired) electrons. The summed E-state index contributed by atoms with van der Waals surface area (Å²) in [6.45, 7) is 0. The molecular weight excluding hydrogens is 275 g/mol. The molecule has 1 aliphatic rings. The topological polar surface area (TPSA) is 0 Å². The van der Waals surface area contributed by atoms with E-state index in [1.807, 2.05) is 0 Å². The fourth-order valence-corrected chi connectivity index (χ4v) is 2.89. The number of benzene rings is 1. The summed E-state index contributed by atoms with van der Waals surface area (Å²) < 4.78 is 64.1. The Labute approximate surface area is 115 Å². The van der Waals surface area contributed by atoms with Crippen molar-refractivity contribution >= 4 is 0 Å². The van der Waals surface area contributed by atoms with E-state index in [0.717, 1.165) is 31.4 Å². The number of hydrogen-bond donors (Lipinski definition) is 0. The van der Waals surface area contributed by atoms with E-state index in [2.05, 4.69) is 0 Å². The van der Waals surface area contributed by atoms with Crippen LogP contribution in [0.2, 0.25) is 0 Å². The van der Waals surface area contributed by atoms with E-state index in [-0.39, 0.29) is 0 Å². The van der Waals surface area contributed by atoms with E-state index >= 15 is 0 Å². The maximum absolute atomic E-state index is 13.4. The van der Waals surface area contributed by atoms with E-state index in [1.165, 1.54) is 19.3 Å². The van der Waals surface area contributed by atoms with Gasteiger partial charge in [0.25, 0.3) is 0 Å². The summed E-state index contributed by atoms with van der Waals surface area (Å²) in [4.78, 5) is 0. The normalized spacial score (nSPS) is 17.4. The summed E-state index contributed by atoms with van der Waals surface area (Å²) >= 11 is 0. The first-order chi connectivity index (χ1) is 9.38. The number of rotatable bonds is 3. The third kappa shape index (κ3) is 3.70. The Morgan fingerprint density at radius 3 is 2.00 bits per heavy atom. The van der Waals surface area contributed by atoms with Crippen LogP contribution in [-0.4, -0.2) is 0 Å². The third-order valence-corrected chi connectivity index (χ3v) is 3.95. The minimum Gasteiger partial charge on any atom is -0.206 e. The van der Waals surface area contributed by atoms with Crippen molar-refractivity contribution in [3.05, 3.63) is 34.9 Å². The van der Waals surface area contributed by atoms with Gasteiger partial charge in [0, 0.05) is 0 Å². The van der Waals surface area contributed by atoms with Gasteiger partial charge in [-0.3, -0.25) is 0 Å². The minimum absolute atomic E-state index is 0.304. The molecule has 5 heteroatoms. The number of halogens is 5. The lowest BCUT2D eigenvalue weighted by atomic mass is 9.85. The zero-order valence-corrected chi connectivity index (χ0v) is 11.1. The second-order valence-electron chi connectivity index (χ2n) is 5.47. The molecule has 0 bridgehead atoms. The maximum Gasteiger partial charge on any atom is 0.422 e. The molecule has 2 rings (SSSR count). The molecule has 0 nitrogen and oxygen atoms in total. The Morgan fingerprint density at radius 1 is 0.950 bits per heavy atom. The highest BCUT2D eigenvalue weighted by Gasteiger charge is 2.37. The first-order valence-corrected chi connectivity index (χ1v) is 6.93. The van der Waals surface area contributed by atoms with Gasteiger partial charge in [0.2, 0.25) is 0 Å². The first-order valence-electron chi connectivity index (χ1n) is 6.93. The van der Waals surface area contributed by atoms with Crippen LogP contribution >= 0.6 is 0 Å². The van der Waals surface area contributed by atoms with Crippen LogP contribution in [0.1, 0.15) is 49.7 Å². The van der Waals surface area contributed by atoms with Crippen LogP contribution in [0.25, 0.3) is 0 Å². The summed E-state index contributed by atoms with van der Waals surface area (Å²) in [7, 11) is 0. The van der Waals surface area contributed by atoms with E-state index in [1.54, 1.807) is 0 Å². The highest BCUT2D eigenvalue weighted by atomic mass is 19.4. The Hall–Kier alpha value is -1.13.